The normalized spacial score (nSPS) is 16.9. The van der Waals surface area contributed by atoms with E-state index in [1.165, 1.54) is 11.3 Å². The van der Waals surface area contributed by atoms with Gasteiger partial charge >= 0.3 is 0 Å². The Bertz CT molecular complexity index is 1100. The lowest BCUT2D eigenvalue weighted by atomic mass is 10.1. The number of ether oxygens (including phenoxy) is 1. The summed E-state index contributed by atoms with van der Waals surface area (Å²) in [6.07, 6.45) is 7.77. The molecule has 8 nitrogen and oxygen atoms in total. The predicted octanol–water partition coefficient (Wildman–Crippen LogP) is 3.48. The molecule has 0 amide bonds. The third-order valence-corrected chi connectivity index (χ3v) is 5.39. The van der Waals surface area contributed by atoms with Gasteiger partial charge in [0.1, 0.15) is 16.9 Å². The molecule has 5 rings (SSSR count). The van der Waals surface area contributed by atoms with E-state index in [9.17, 15) is 0 Å². The fourth-order valence-corrected chi connectivity index (χ4v) is 3.94. The topological polar surface area (TPSA) is 90.6 Å². The van der Waals surface area contributed by atoms with Gasteiger partial charge in [-0.25, -0.2) is 4.98 Å². The van der Waals surface area contributed by atoms with Crippen molar-refractivity contribution < 1.29 is 4.74 Å². The summed E-state index contributed by atoms with van der Waals surface area (Å²) in [6, 6.07) is 5.86. The lowest BCUT2D eigenvalue weighted by Gasteiger charge is -2.05. The Labute approximate surface area is 159 Å². The Balaban J connectivity index is 1.41. The summed E-state index contributed by atoms with van der Waals surface area (Å²) in [4.78, 5) is 9.18. The van der Waals surface area contributed by atoms with Gasteiger partial charge in [0.05, 0.1) is 17.2 Å². The maximum atomic E-state index is 5.67. The number of fused-ring (bicyclic) bond motifs is 1. The molecule has 1 saturated heterocycles. The highest BCUT2D eigenvalue weighted by Crippen LogP contribution is 2.32. The molecule has 1 N–H and O–H groups in total. The van der Waals surface area contributed by atoms with E-state index >= 15 is 0 Å². The molecule has 0 saturated carbocycles. The van der Waals surface area contributed by atoms with Crippen molar-refractivity contribution in [1.82, 2.24) is 29.9 Å². The van der Waals surface area contributed by atoms with Crippen LogP contribution in [0.1, 0.15) is 24.0 Å². The number of nitrogens with one attached hydrogen (secondary N) is 1. The van der Waals surface area contributed by atoms with Crippen molar-refractivity contribution in [2.75, 3.05) is 11.9 Å². The molecule has 0 spiro atoms. The summed E-state index contributed by atoms with van der Waals surface area (Å²) in [5.41, 5.74) is 3.64. The summed E-state index contributed by atoms with van der Waals surface area (Å²) in [5.74, 6) is 0.711. The van der Waals surface area contributed by atoms with Gasteiger partial charge in [-0.1, -0.05) is 11.3 Å². The van der Waals surface area contributed by atoms with Crippen LogP contribution in [0.15, 0.2) is 36.8 Å². The molecule has 136 valence electrons. The molecule has 0 aromatic carbocycles. The van der Waals surface area contributed by atoms with Crippen LogP contribution in [0.4, 0.5) is 10.9 Å². The fourth-order valence-electron chi connectivity index (χ4n) is 3.10. The van der Waals surface area contributed by atoms with Gasteiger partial charge in [-0.3, -0.25) is 9.67 Å². The monoisotopic (exact) mass is 379 g/mol. The van der Waals surface area contributed by atoms with E-state index in [1.54, 1.807) is 4.68 Å². The van der Waals surface area contributed by atoms with E-state index in [-0.39, 0.29) is 6.10 Å². The van der Waals surface area contributed by atoms with Crippen molar-refractivity contribution in [2.24, 2.45) is 7.05 Å². The molecule has 5 heterocycles. The third kappa shape index (κ3) is 3.26. The van der Waals surface area contributed by atoms with E-state index in [1.807, 2.05) is 43.8 Å². The smallest absolute Gasteiger partial charge is 0.211 e. The molecular weight excluding hydrogens is 362 g/mol. The van der Waals surface area contributed by atoms with Crippen molar-refractivity contribution in [2.45, 2.75) is 18.9 Å². The van der Waals surface area contributed by atoms with Gasteiger partial charge in [0.2, 0.25) is 5.13 Å². The maximum absolute atomic E-state index is 5.67. The summed E-state index contributed by atoms with van der Waals surface area (Å²) >= 11 is 1.51. The van der Waals surface area contributed by atoms with Crippen molar-refractivity contribution in [3.8, 4) is 11.1 Å². The summed E-state index contributed by atoms with van der Waals surface area (Å²) < 4.78 is 7.44. The first kappa shape index (κ1) is 16.3. The Morgan fingerprint density at radius 2 is 2.15 bits per heavy atom. The minimum absolute atomic E-state index is 0.0776. The number of anilines is 2. The zero-order valence-electron chi connectivity index (χ0n) is 14.7. The fraction of sp³-hybridized carbons (Fsp3) is 0.278. The summed E-state index contributed by atoms with van der Waals surface area (Å²) in [5, 5.41) is 17.5. The van der Waals surface area contributed by atoms with Crippen molar-refractivity contribution >= 4 is 33.3 Å². The molecule has 9 heteroatoms. The molecule has 1 atom stereocenters. The number of hydrogen-bond donors (Lipinski definition) is 1. The molecular formula is C18H17N7OS. The van der Waals surface area contributed by atoms with E-state index in [0.717, 1.165) is 46.6 Å². The van der Waals surface area contributed by atoms with Crippen LogP contribution >= 0.6 is 11.3 Å². The number of rotatable bonds is 4. The SMILES string of the molecule is Cn1cc(-c2cnc3ccc(Nc4nnc([C@H]5CCCO5)s4)nc3c2)cn1. The number of aryl methyl sites for hydroxylation is 1. The van der Waals surface area contributed by atoms with Crippen LogP contribution in [0.3, 0.4) is 0 Å². The van der Waals surface area contributed by atoms with Gasteiger partial charge in [-0.2, -0.15) is 5.10 Å². The number of nitrogens with zero attached hydrogens (tertiary/aromatic N) is 6. The third-order valence-electron chi connectivity index (χ3n) is 4.46. The van der Waals surface area contributed by atoms with Gasteiger partial charge in [0.15, 0.2) is 0 Å². The van der Waals surface area contributed by atoms with Crippen molar-refractivity contribution in [3.05, 3.63) is 41.8 Å². The lowest BCUT2D eigenvalue weighted by molar-refractivity contribution is 0.111. The zero-order valence-corrected chi connectivity index (χ0v) is 15.5. The van der Waals surface area contributed by atoms with Gasteiger partial charge in [-0.05, 0) is 31.0 Å². The minimum atomic E-state index is 0.0776. The highest BCUT2D eigenvalue weighted by atomic mass is 32.1. The average molecular weight is 379 g/mol. The van der Waals surface area contributed by atoms with Crippen LogP contribution in [-0.4, -0.2) is 36.6 Å². The average Bonchev–Trinajstić information content (AvgIpc) is 3.42. The standard InChI is InChI=1S/C18H17N7OS/c1-25-10-12(9-20-25)11-7-14-13(19-8-11)4-5-16(21-14)22-18-24-23-17(27-18)15-3-2-6-26-15/h4-5,7-10,15H,2-3,6H2,1H3,(H,21,22,24)/t15-/m1/s1. The molecule has 0 radical (unpaired) electrons. The van der Waals surface area contributed by atoms with Crippen LogP contribution in [-0.2, 0) is 11.8 Å². The second-order valence-electron chi connectivity index (χ2n) is 6.43. The second-order valence-corrected chi connectivity index (χ2v) is 7.44. The van der Waals surface area contributed by atoms with E-state index in [2.05, 4.69) is 30.6 Å². The molecule has 1 aliphatic heterocycles. The molecule has 27 heavy (non-hydrogen) atoms. The molecule has 1 aliphatic rings. The zero-order chi connectivity index (χ0) is 18.2. The van der Waals surface area contributed by atoms with Crippen molar-refractivity contribution in [3.63, 3.8) is 0 Å². The summed E-state index contributed by atoms with van der Waals surface area (Å²) in [7, 11) is 1.89. The number of aromatic nitrogens is 6. The molecule has 0 bridgehead atoms. The molecule has 1 fully saturated rings. The maximum Gasteiger partial charge on any atom is 0.211 e. The van der Waals surface area contributed by atoms with Crippen LogP contribution < -0.4 is 5.32 Å². The second kappa shape index (κ2) is 6.67. The quantitative estimate of drug-likeness (QED) is 0.580. The molecule has 4 aromatic rings. The van der Waals surface area contributed by atoms with Gasteiger partial charge in [0, 0.05) is 37.2 Å². The first-order chi connectivity index (χ1) is 13.2. The highest BCUT2D eigenvalue weighted by Gasteiger charge is 2.22. The van der Waals surface area contributed by atoms with Crippen LogP contribution in [0, 0.1) is 0 Å². The predicted molar refractivity (Wildman–Crippen MR) is 103 cm³/mol. The molecule has 4 aromatic heterocycles. The first-order valence-corrected chi connectivity index (χ1v) is 9.54. The lowest BCUT2D eigenvalue weighted by Crippen LogP contribution is -1.94. The Morgan fingerprint density at radius 3 is 2.96 bits per heavy atom. The van der Waals surface area contributed by atoms with Crippen LogP contribution in [0.25, 0.3) is 22.2 Å². The molecule has 0 aliphatic carbocycles. The van der Waals surface area contributed by atoms with Crippen molar-refractivity contribution in [1.29, 1.82) is 0 Å². The first-order valence-electron chi connectivity index (χ1n) is 8.72. The van der Waals surface area contributed by atoms with Crippen LogP contribution in [0.2, 0.25) is 0 Å². The van der Waals surface area contributed by atoms with E-state index in [4.69, 9.17) is 4.74 Å². The molecule has 0 unspecified atom stereocenters. The number of hydrogen-bond acceptors (Lipinski definition) is 8. The van der Waals surface area contributed by atoms with E-state index in [0.29, 0.717) is 10.9 Å². The Kier molecular flexibility index (Phi) is 4.02. The highest BCUT2D eigenvalue weighted by molar-refractivity contribution is 7.15. The van der Waals surface area contributed by atoms with Gasteiger partial charge in [-0.15, -0.1) is 10.2 Å². The minimum Gasteiger partial charge on any atom is -0.371 e. The van der Waals surface area contributed by atoms with Gasteiger partial charge in [0.25, 0.3) is 0 Å². The Morgan fingerprint density at radius 1 is 1.19 bits per heavy atom. The largest absolute Gasteiger partial charge is 0.371 e. The van der Waals surface area contributed by atoms with E-state index < -0.39 is 0 Å². The van der Waals surface area contributed by atoms with Gasteiger partial charge < -0.3 is 10.1 Å². The Hall–Kier alpha value is -2.91. The van der Waals surface area contributed by atoms with Crippen LogP contribution in [0.5, 0.6) is 0 Å². The number of pyridine rings is 2. The summed E-state index contributed by atoms with van der Waals surface area (Å²) in [6.45, 7) is 0.797.